The van der Waals surface area contributed by atoms with Crippen molar-refractivity contribution in [2.24, 2.45) is 0 Å². The van der Waals surface area contributed by atoms with Crippen LogP contribution < -0.4 is 10.3 Å². The van der Waals surface area contributed by atoms with Crippen LogP contribution in [0.2, 0.25) is 0 Å². The van der Waals surface area contributed by atoms with Gasteiger partial charge in [0.25, 0.3) is 5.56 Å². The molecule has 0 fully saturated rings. The summed E-state index contributed by atoms with van der Waals surface area (Å²) >= 11 is 0. The van der Waals surface area contributed by atoms with Crippen LogP contribution in [0.25, 0.3) is 10.9 Å². The van der Waals surface area contributed by atoms with Gasteiger partial charge in [0.2, 0.25) is 5.88 Å². The lowest BCUT2D eigenvalue weighted by Gasteiger charge is -2.15. The van der Waals surface area contributed by atoms with Crippen molar-refractivity contribution in [2.45, 2.75) is 26.2 Å². The molecule has 0 atom stereocenters. The Hall–Kier alpha value is -4.54. The third kappa shape index (κ3) is 4.95. The molecule has 3 aromatic heterocycles. The molecular formula is C25H19F3N6O2. The summed E-state index contributed by atoms with van der Waals surface area (Å²) in [5.41, 5.74) is 1.41. The van der Waals surface area contributed by atoms with Gasteiger partial charge in [-0.15, -0.1) is 0 Å². The largest absolute Gasteiger partial charge is 0.438 e. The van der Waals surface area contributed by atoms with Crippen molar-refractivity contribution in [3.63, 3.8) is 0 Å². The molecule has 11 heteroatoms. The van der Waals surface area contributed by atoms with Crippen LogP contribution in [0.15, 0.2) is 78.2 Å². The first-order chi connectivity index (χ1) is 17.3. The van der Waals surface area contributed by atoms with E-state index in [0.717, 1.165) is 17.2 Å². The molecule has 0 saturated heterocycles. The number of benzene rings is 2. The Morgan fingerprint density at radius 3 is 2.39 bits per heavy atom. The van der Waals surface area contributed by atoms with Crippen molar-refractivity contribution >= 4 is 10.9 Å². The first-order valence-electron chi connectivity index (χ1n) is 10.9. The monoisotopic (exact) mass is 492 g/mol. The molecule has 182 valence electrons. The Morgan fingerprint density at radius 2 is 1.67 bits per heavy atom. The Balaban J connectivity index is 1.47. The number of nitrogens with zero attached hydrogens (tertiary/aromatic N) is 6. The number of hydrogen-bond donors (Lipinski definition) is 0. The normalized spacial score (nSPS) is 11.7. The van der Waals surface area contributed by atoms with E-state index in [4.69, 9.17) is 4.74 Å². The number of halogens is 3. The van der Waals surface area contributed by atoms with Gasteiger partial charge in [0.05, 0.1) is 36.2 Å². The Kier molecular flexibility index (Phi) is 5.96. The van der Waals surface area contributed by atoms with Crippen LogP contribution in [0.3, 0.4) is 0 Å². The Morgan fingerprint density at radius 1 is 0.917 bits per heavy atom. The van der Waals surface area contributed by atoms with Crippen LogP contribution in [0, 0.1) is 6.92 Å². The predicted molar refractivity (Wildman–Crippen MR) is 125 cm³/mol. The molecule has 3 heterocycles. The van der Waals surface area contributed by atoms with Crippen LogP contribution in [0.4, 0.5) is 13.2 Å². The van der Waals surface area contributed by atoms with Gasteiger partial charge in [0, 0.05) is 12.7 Å². The maximum atomic E-state index is 13.8. The number of pyridine rings is 1. The summed E-state index contributed by atoms with van der Waals surface area (Å²) in [5, 5.41) is 8.01. The van der Waals surface area contributed by atoms with Gasteiger partial charge in [0.1, 0.15) is 11.3 Å². The zero-order chi connectivity index (χ0) is 25.3. The van der Waals surface area contributed by atoms with Gasteiger partial charge in [-0.05, 0) is 42.3 Å². The van der Waals surface area contributed by atoms with Crippen LogP contribution in [0.1, 0.15) is 22.3 Å². The highest BCUT2D eigenvalue weighted by atomic mass is 19.4. The van der Waals surface area contributed by atoms with Gasteiger partial charge in [-0.2, -0.15) is 33.1 Å². The van der Waals surface area contributed by atoms with E-state index in [9.17, 15) is 18.0 Å². The molecule has 0 spiro atoms. The number of aryl methyl sites for hydroxylation is 1. The molecule has 8 nitrogen and oxygen atoms in total. The van der Waals surface area contributed by atoms with E-state index in [1.54, 1.807) is 10.6 Å². The minimum Gasteiger partial charge on any atom is -0.438 e. The Bertz CT molecular complexity index is 1580. The molecule has 2 aromatic carbocycles. The van der Waals surface area contributed by atoms with Gasteiger partial charge in [-0.1, -0.05) is 29.8 Å². The Labute approximate surface area is 202 Å². The van der Waals surface area contributed by atoms with E-state index in [1.165, 1.54) is 41.8 Å². The van der Waals surface area contributed by atoms with Crippen molar-refractivity contribution in [1.82, 2.24) is 29.5 Å². The van der Waals surface area contributed by atoms with E-state index in [1.807, 2.05) is 31.2 Å². The zero-order valence-electron chi connectivity index (χ0n) is 19.0. The lowest BCUT2D eigenvalue weighted by atomic mass is 10.1. The maximum Gasteiger partial charge on any atom is 0.421 e. The number of rotatable bonds is 6. The summed E-state index contributed by atoms with van der Waals surface area (Å²) in [6, 6.07) is 13.4. The van der Waals surface area contributed by atoms with Gasteiger partial charge < -0.3 is 9.30 Å². The van der Waals surface area contributed by atoms with E-state index in [-0.39, 0.29) is 23.2 Å². The quantitative estimate of drug-likeness (QED) is 0.344. The lowest BCUT2D eigenvalue weighted by molar-refractivity contribution is -0.138. The molecule has 0 aliphatic carbocycles. The molecule has 0 unspecified atom stereocenters. The van der Waals surface area contributed by atoms with E-state index < -0.39 is 23.2 Å². The second-order valence-electron chi connectivity index (χ2n) is 8.20. The minimum absolute atomic E-state index is 0.0194. The number of alkyl halides is 3. The van der Waals surface area contributed by atoms with Crippen LogP contribution in [-0.2, 0) is 19.3 Å². The molecule has 0 aliphatic rings. The molecule has 0 radical (unpaired) electrons. The predicted octanol–water partition coefficient (Wildman–Crippen LogP) is 4.60. The van der Waals surface area contributed by atoms with Gasteiger partial charge in [-0.3, -0.25) is 4.79 Å². The van der Waals surface area contributed by atoms with Crippen molar-refractivity contribution in [3.8, 4) is 11.6 Å². The minimum atomic E-state index is -4.71. The third-order valence-electron chi connectivity index (χ3n) is 5.51. The summed E-state index contributed by atoms with van der Waals surface area (Å²) in [4.78, 5) is 21.5. The maximum absolute atomic E-state index is 13.8. The summed E-state index contributed by atoms with van der Waals surface area (Å²) in [6.45, 7) is 2.48. The second kappa shape index (κ2) is 9.25. The average Bonchev–Trinajstić information content (AvgIpc) is 3.36. The topological polar surface area (TPSA) is 87.7 Å². The van der Waals surface area contributed by atoms with E-state index >= 15 is 0 Å². The van der Waals surface area contributed by atoms with Crippen LogP contribution >= 0.6 is 0 Å². The van der Waals surface area contributed by atoms with Gasteiger partial charge in [-0.25, -0.2) is 4.98 Å². The fourth-order valence-corrected chi connectivity index (χ4v) is 3.74. The SMILES string of the molecule is Cc1ccc(Cn2cnc(=O)c3cc(Oc4ncc(Cn5nccn5)cc4C(F)(F)F)ccc32)cc1. The fourth-order valence-electron chi connectivity index (χ4n) is 3.74. The number of aromatic nitrogens is 6. The van der Waals surface area contributed by atoms with Crippen molar-refractivity contribution in [2.75, 3.05) is 0 Å². The van der Waals surface area contributed by atoms with E-state index in [0.29, 0.717) is 12.1 Å². The van der Waals surface area contributed by atoms with Crippen molar-refractivity contribution in [1.29, 1.82) is 0 Å². The fraction of sp³-hybridized carbons (Fsp3) is 0.160. The molecule has 0 N–H and O–H groups in total. The molecular weight excluding hydrogens is 473 g/mol. The first kappa shape index (κ1) is 23.2. The van der Waals surface area contributed by atoms with Gasteiger partial charge in [0.15, 0.2) is 0 Å². The molecule has 5 rings (SSSR count). The summed E-state index contributed by atoms with van der Waals surface area (Å²) in [7, 11) is 0. The van der Waals surface area contributed by atoms with Crippen molar-refractivity contribution < 1.29 is 17.9 Å². The smallest absolute Gasteiger partial charge is 0.421 e. The lowest BCUT2D eigenvalue weighted by Crippen LogP contribution is -2.13. The molecule has 0 aliphatic heterocycles. The van der Waals surface area contributed by atoms with E-state index in [2.05, 4.69) is 20.2 Å². The first-order valence-corrected chi connectivity index (χ1v) is 10.9. The van der Waals surface area contributed by atoms with Crippen LogP contribution in [-0.4, -0.2) is 29.5 Å². The summed E-state index contributed by atoms with van der Waals surface area (Å²) in [5.74, 6) is -0.586. The molecule has 5 aromatic rings. The second-order valence-corrected chi connectivity index (χ2v) is 8.20. The zero-order valence-corrected chi connectivity index (χ0v) is 19.0. The highest BCUT2D eigenvalue weighted by Crippen LogP contribution is 2.37. The standard InChI is InChI=1S/C25H19F3N6O2/c1-16-2-4-17(5-3-16)13-33-15-30-23(35)20-11-19(6-7-22(20)33)36-24-21(25(26,27)28)10-18(12-29-24)14-34-31-8-9-32-34/h2-12,15H,13-14H2,1H3. The molecule has 36 heavy (non-hydrogen) atoms. The van der Waals surface area contributed by atoms with Crippen LogP contribution in [0.5, 0.6) is 11.6 Å². The average molecular weight is 492 g/mol. The van der Waals surface area contributed by atoms with Gasteiger partial charge >= 0.3 is 6.18 Å². The summed E-state index contributed by atoms with van der Waals surface area (Å²) in [6.07, 6.45) is 0.861. The number of ether oxygens (including phenoxy) is 1. The summed E-state index contributed by atoms with van der Waals surface area (Å²) < 4.78 is 48.7. The molecule has 0 saturated carbocycles. The highest BCUT2D eigenvalue weighted by Gasteiger charge is 2.36. The van der Waals surface area contributed by atoms with Crippen molar-refractivity contribution in [3.05, 3.63) is 106 Å². The third-order valence-corrected chi connectivity index (χ3v) is 5.51. The highest BCUT2D eigenvalue weighted by molar-refractivity contribution is 5.79. The molecule has 0 amide bonds. The number of fused-ring (bicyclic) bond motifs is 1. The molecule has 0 bridgehead atoms. The number of hydrogen-bond acceptors (Lipinski definition) is 6.